The Bertz CT molecular complexity index is 951. The van der Waals surface area contributed by atoms with Gasteiger partial charge < -0.3 is 9.73 Å². The first-order chi connectivity index (χ1) is 11.7. The van der Waals surface area contributed by atoms with Crippen molar-refractivity contribution in [2.24, 2.45) is 0 Å². The van der Waals surface area contributed by atoms with Gasteiger partial charge in [0.15, 0.2) is 5.58 Å². The molecule has 0 aliphatic rings. The Morgan fingerprint density at radius 3 is 2.80 bits per heavy atom. The first-order valence-corrected chi connectivity index (χ1v) is 7.60. The second kappa shape index (κ2) is 6.00. The highest BCUT2D eigenvalue weighted by atomic mass is 16.6. The van der Waals surface area contributed by atoms with Gasteiger partial charge in [-0.1, -0.05) is 20.8 Å². The van der Waals surface area contributed by atoms with Crippen LogP contribution < -0.4 is 5.32 Å². The summed E-state index contributed by atoms with van der Waals surface area (Å²) in [6.07, 6.45) is 2.30. The van der Waals surface area contributed by atoms with Gasteiger partial charge >= 0.3 is 5.69 Å². The summed E-state index contributed by atoms with van der Waals surface area (Å²) in [7, 11) is 0. The van der Waals surface area contributed by atoms with Crippen molar-refractivity contribution in [1.82, 2.24) is 14.8 Å². The molecule has 1 amide bonds. The van der Waals surface area contributed by atoms with Crippen molar-refractivity contribution in [3.8, 4) is 0 Å². The van der Waals surface area contributed by atoms with E-state index < -0.39 is 4.92 Å². The number of rotatable bonds is 4. The fourth-order valence-electron chi connectivity index (χ4n) is 2.21. The molecule has 0 atom stereocenters. The van der Waals surface area contributed by atoms with Crippen molar-refractivity contribution in [1.29, 1.82) is 0 Å². The van der Waals surface area contributed by atoms with E-state index in [-0.39, 0.29) is 23.6 Å². The third-order valence-corrected chi connectivity index (χ3v) is 3.45. The molecule has 0 saturated heterocycles. The number of nitro groups is 1. The minimum Gasteiger partial charge on any atom is -0.440 e. The third kappa shape index (κ3) is 3.65. The third-order valence-electron chi connectivity index (χ3n) is 3.45. The van der Waals surface area contributed by atoms with Crippen molar-refractivity contribution >= 4 is 28.4 Å². The van der Waals surface area contributed by atoms with Crippen LogP contribution in [0.5, 0.6) is 0 Å². The zero-order valence-electron chi connectivity index (χ0n) is 14.0. The quantitative estimate of drug-likeness (QED) is 0.575. The average Bonchev–Trinajstić information content (AvgIpc) is 3.12. The van der Waals surface area contributed by atoms with Crippen LogP contribution in [0.3, 0.4) is 0 Å². The van der Waals surface area contributed by atoms with Crippen molar-refractivity contribution in [3.63, 3.8) is 0 Å². The van der Waals surface area contributed by atoms with Crippen LogP contribution in [0.15, 0.2) is 35.0 Å². The first kappa shape index (κ1) is 16.6. The van der Waals surface area contributed by atoms with Crippen molar-refractivity contribution in [2.45, 2.75) is 32.7 Å². The predicted molar refractivity (Wildman–Crippen MR) is 90.2 cm³/mol. The maximum atomic E-state index is 12.1. The van der Waals surface area contributed by atoms with Gasteiger partial charge in [0.25, 0.3) is 0 Å². The zero-order valence-corrected chi connectivity index (χ0v) is 14.0. The highest BCUT2D eigenvalue weighted by molar-refractivity contribution is 5.92. The number of anilines is 1. The molecular formula is C16H17N5O4. The number of benzene rings is 1. The summed E-state index contributed by atoms with van der Waals surface area (Å²) in [5.74, 6) is 0.270. The molecule has 1 aromatic carbocycles. The molecule has 3 aromatic rings. The van der Waals surface area contributed by atoms with Crippen LogP contribution >= 0.6 is 0 Å². The molecule has 0 aliphatic carbocycles. The lowest BCUT2D eigenvalue weighted by Crippen LogP contribution is -2.18. The standard InChI is InChI=1S/C16H17N5O4/c1-16(2,3)15-19-12-6-10(4-5-13(12)25-15)18-14(22)9-20-8-11(7-17-20)21(23)24/h4-8H,9H2,1-3H3,(H,18,22). The summed E-state index contributed by atoms with van der Waals surface area (Å²) >= 11 is 0. The Hall–Kier alpha value is -3.23. The lowest BCUT2D eigenvalue weighted by Gasteiger charge is -2.11. The summed E-state index contributed by atoms with van der Waals surface area (Å²) in [6.45, 7) is 5.88. The molecule has 0 radical (unpaired) electrons. The molecular weight excluding hydrogens is 326 g/mol. The van der Waals surface area contributed by atoms with E-state index in [1.807, 2.05) is 20.8 Å². The van der Waals surface area contributed by atoms with Gasteiger partial charge in [-0.15, -0.1) is 0 Å². The average molecular weight is 343 g/mol. The monoisotopic (exact) mass is 343 g/mol. The number of carbonyl (C=O) groups is 1. The minimum absolute atomic E-state index is 0.127. The molecule has 0 saturated carbocycles. The molecule has 2 heterocycles. The Labute approximate surface area is 142 Å². The number of hydrogen-bond acceptors (Lipinski definition) is 6. The highest BCUT2D eigenvalue weighted by Crippen LogP contribution is 2.27. The maximum Gasteiger partial charge on any atom is 0.307 e. The molecule has 1 N–H and O–H groups in total. The lowest BCUT2D eigenvalue weighted by atomic mass is 9.97. The van der Waals surface area contributed by atoms with Crippen LogP contribution in [0.25, 0.3) is 11.1 Å². The molecule has 9 heteroatoms. The van der Waals surface area contributed by atoms with E-state index in [0.717, 1.165) is 6.20 Å². The summed E-state index contributed by atoms with van der Waals surface area (Å²) < 4.78 is 6.92. The van der Waals surface area contributed by atoms with Crippen molar-refractivity contribution in [2.75, 3.05) is 5.32 Å². The Balaban J connectivity index is 1.73. The molecule has 130 valence electrons. The smallest absolute Gasteiger partial charge is 0.307 e. The SMILES string of the molecule is CC(C)(C)c1nc2cc(NC(=O)Cn3cc([N+](=O)[O-])cn3)ccc2o1. The van der Waals surface area contributed by atoms with Crippen LogP contribution in [0.2, 0.25) is 0 Å². The number of nitrogens with one attached hydrogen (secondary N) is 1. The van der Waals surface area contributed by atoms with Gasteiger partial charge in [0.05, 0.1) is 4.92 Å². The number of oxazole rings is 1. The van der Waals surface area contributed by atoms with E-state index in [1.54, 1.807) is 18.2 Å². The number of amides is 1. The second-order valence-corrected chi connectivity index (χ2v) is 6.65. The second-order valence-electron chi connectivity index (χ2n) is 6.65. The predicted octanol–water partition coefficient (Wildman–Crippen LogP) is 2.87. The summed E-state index contributed by atoms with van der Waals surface area (Å²) in [5, 5.41) is 17.1. The number of carbonyl (C=O) groups excluding carboxylic acids is 1. The summed E-state index contributed by atoms with van der Waals surface area (Å²) in [5.41, 5.74) is 1.49. The van der Waals surface area contributed by atoms with Crippen LogP contribution in [-0.4, -0.2) is 25.6 Å². The van der Waals surface area contributed by atoms with E-state index in [1.165, 1.54) is 10.9 Å². The molecule has 0 spiro atoms. The zero-order chi connectivity index (χ0) is 18.2. The van der Waals surface area contributed by atoms with E-state index >= 15 is 0 Å². The Morgan fingerprint density at radius 1 is 1.40 bits per heavy atom. The van der Waals surface area contributed by atoms with Crippen LogP contribution in [-0.2, 0) is 16.8 Å². The number of nitrogens with zero attached hydrogens (tertiary/aromatic N) is 4. The van der Waals surface area contributed by atoms with Gasteiger partial charge in [0, 0.05) is 11.1 Å². The molecule has 3 rings (SSSR count). The van der Waals surface area contributed by atoms with Crippen LogP contribution in [0.1, 0.15) is 26.7 Å². The molecule has 25 heavy (non-hydrogen) atoms. The highest BCUT2D eigenvalue weighted by Gasteiger charge is 2.21. The normalized spacial score (nSPS) is 11.6. The topological polar surface area (TPSA) is 116 Å². The van der Waals surface area contributed by atoms with Crippen LogP contribution in [0.4, 0.5) is 11.4 Å². The van der Waals surface area contributed by atoms with Gasteiger partial charge in [0.2, 0.25) is 11.8 Å². The molecule has 0 bridgehead atoms. The fourth-order valence-corrected chi connectivity index (χ4v) is 2.21. The Morgan fingerprint density at radius 2 is 2.16 bits per heavy atom. The molecule has 0 fully saturated rings. The molecule has 0 unspecified atom stereocenters. The lowest BCUT2D eigenvalue weighted by molar-refractivity contribution is -0.385. The molecule has 0 aliphatic heterocycles. The summed E-state index contributed by atoms with van der Waals surface area (Å²) in [4.78, 5) is 26.6. The van der Waals surface area contributed by atoms with Crippen molar-refractivity contribution < 1.29 is 14.1 Å². The van der Waals surface area contributed by atoms with Gasteiger partial charge in [0.1, 0.15) is 24.5 Å². The maximum absolute atomic E-state index is 12.1. The van der Waals surface area contributed by atoms with Gasteiger partial charge in [-0.3, -0.25) is 19.6 Å². The Kier molecular flexibility index (Phi) is 3.99. The van der Waals surface area contributed by atoms with E-state index in [0.29, 0.717) is 22.7 Å². The van der Waals surface area contributed by atoms with Gasteiger partial charge in [-0.25, -0.2) is 4.98 Å². The number of hydrogen-bond donors (Lipinski definition) is 1. The van der Waals surface area contributed by atoms with E-state index in [4.69, 9.17) is 4.42 Å². The minimum atomic E-state index is -0.563. The first-order valence-electron chi connectivity index (χ1n) is 7.60. The largest absolute Gasteiger partial charge is 0.440 e. The molecule has 2 aromatic heterocycles. The van der Waals surface area contributed by atoms with E-state index in [2.05, 4.69) is 15.4 Å². The fraction of sp³-hybridized carbons (Fsp3) is 0.312. The van der Waals surface area contributed by atoms with E-state index in [9.17, 15) is 14.9 Å². The van der Waals surface area contributed by atoms with Crippen LogP contribution in [0, 0.1) is 10.1 Å². The summed E-state index contributed by atoms with van der Waals surface area (Å²) in [6, 6.07) is 5.17. The van der Waals surface area contributed by atoms with Gasteiger partial charge in [-0.05, 0) is 18.2 Å². The number of fused-ring (bicyclic) bond motifs is 1. The van der Waals surface area contributed by atoms with Gasteiger partial charge in [-0.2, -0.15) is 5.10 Å². The number of aromatic nitrogens is 3. The van der Waals surface area contributed by atoms with Crippen molar-refractivity contribution in [3.05, 3.63) is 46.6 Å². The molecule has 9 nitrogen and oxygen atoms in total.